The van der Waals surface area contributed by atoms with Crippen molar-refractivity contribution in [1.82, 2.24) is 4.98 Å². The molecule has 0 radical (unpaired) electrons. The number of hydrogen-bond donors (Lipinski definition) is 1. The van der Waals surface area contributed by atoms with Crippen molar-refractivity contribution in [3.8, 4) is 0 Å². The summed E-state index contributed by atoms with van der Waals surface area (Å²) >= 11 is 4.12. The van der Waals surface area contributed by atoms with Crippen molar-refractivity contribution in [1.29, 1.82) is 0 Å². The molecule has 13 heavy (non-hydrogen) atoms. The Morgan fingerprint density at radius 3 is 2.77 bits per heavy atom. The summed E-state index contributed by atoms with van der Waals surface area (Å²) in [7, 11) is 0. The number of nitrogens with two attached hydrogens (primary N) is 1. The first kappa shape index (κ1) is 9.86. The van der Waals surface area contributed by atoms with Gasteiger partial charge >= 0.3 is 0 Å². The van der Waals surface area contributed by atoms with Crippen molar-refractivity contribution in [2.75, 3.05) is 6.54 Å². The second kappa shape index (κ2) is 3.17. The Bertz CT molecular complexity index is 321. The van der Waals surface area contributed by atoms with Crippen LogP contribution in [0.1, 0.15) is 24.8 Å². The molecule has 0 aromatic carbocycles. The highest BCUT2D eigenvalue weighted by Gasteiger charge is 2.58. The van der Waals surface area contributed by atoms with Crippen molar-refractivity contribution < 1.29 is 0 Å². The third kappa shape index (κ3) is 1.53. The number of aromatic nitrogens is 1. The van der Waals surface area contributed by atoms with Crippen LogP contribution in [0.15, 0.2) is 6.20 Å². The quantitative estimate of drug-likeness (QED) is 0.852. The lowest BCUT2D eigenvalue weighted by molar-refractivity contribution is 0.558. The van der Waals surface area contributed by atoms with Crippen LogP contribution in [0, 0.1) is 14.2 Å². The van der Waals surface area contributed by atoms with Crippen LogP contribution < -0.4 is 5.73 Å². The summed E-state index contributed by atoms with van der Waals surface area (Å²) < 4.78 is 1.27. The SMILES string of the molecule is CC1(C)C(CN)C1c1ncc(I)s1. The highest BCUT2D eigenvalue weighted by molar-refractivity contribution is 14.1. The molecule has 72 valence electrons. The summed E-state index contributed by atoms with van der Waals surface area (Å²) in [5.74, 6) is 1.24. The van der Waals surface area contributed by atoms with Gasteiger partial charge in [-0.2, -0.15) is 0 Å². The summed E-state index contributed by atoms with van der Waals surface area (Å²) in [5.41, 5.74) is 6.09. The van der Waals surface area contributed by atoms with Crippen LogP contribution in [-0.4, -0.2) is 11.5 Å². The van der Waals surface area contributed by atoms with Gasteiger partial charge in [0, 0.05) is 5.92 Å². The Labute approximate surface area is 96.1 Å². The molecule has 4 heteroatoms. The lowest BCUT2D eigenvalue weighted by Crippen LogP contribution is -2.05. The maximum atomic E-state index is 5.72. The van der Waals surface area contributed by atoms with Gasteiger partial charge in [0.15, 0.2) is 0 Å². The summed E-state index contributed by atoms with van der Waals surface area (Å²) in [5, 5.41) is 1.27. The maximum absolute atomic E-state index is 5.72. The van der Waals surface area contributed by atoms with Gasteiger partial charge in [-0.15, -0.1) is 11.3 Å². The molecule has 1 aromatic rings. The number of rotatable bonds is 2. The Hall–Kier alpha value is 0.320. The summed E-state index contributed by atoms with van der Waals surface area (Å²) in [4.78, 5) is 4.43. The fourth-order valence-corrected chi connectivity index (χ4v) is 3.91. The predicted molar refractivity (Wildman–Crippen MR) is 63.9 cm³/mol. The highest BCUT2D eigenvalue weighted by atomic mass is 127. The van der Waals surface area contributed by atoms with E-state index in [1.54, 1.807) is 11.3 Å². The van der Waals surface area contributed by atoms with E-state index < -0.39 is 0 Å². The van der Waals surface area contributed by atoms with E-state index in [0.29, 0.717) is 17.3 Å². The molecule has 1 fully saturated rings. The van der Waals surface area contributed by atoms with E-state index in [-0.39, 0.29) is 0 Å². The Balaban J connectivity index is 2.21. The van der Waals surface area contributed by atoms with E-state index in [1.165, 1.54) is 7.89 Å². The molecule has 0 saturated heterocycles. The van der Waals surface area contributed by atoms with E-state index in [2.05, 4.69) is 41.4 Å². The summed E-state index contributed by atoms with van der Waals surface area (Å²) in [6.45, 7) is 5.35. The van der Waals surface area contributed by atoms with Gasteiger partial charge in [-0.3, -0.25) is 0 Å². The van der Waals surface area contributed by atoms with E-state index >= 15 is 0 Å². The standard InChI is InChI=1S/C9H13IN2S/c1-9(2)5(3-11)7(9)8-12-4-6(10)13-8/h4-5,7H,3,11H2,1-2H3. The Kier molecular flexibility index (Phi) is 2.40. The predicted octanol–water partition coefficient (Wildman–Crippen LogP) is 2.45. The minimum atomic E-state index is 0.371. The van der Waals surface area contributed by atoms with Gasteiger partial charge in [0.05, 0.1) is 14.1 Å². The molecular weight excluding hydrogens is 295 g/mol. The molecule has 1 saturated carbocycles. The van der Waals surface area contributed by atoms with Crippen LogP contribution in [0.2, 0.25) is 0 Å². The second-order valence-electron chi connectivity index (χ2n) is 4.14. The van der Waals surface area contributed by atoms with Gasteiger partial charge < -0.3 is 5.73 Å². The van der Waals surface area contributed by atoms with Crippen LogP contribution >= 0.6 is 33.9 Å². The molecular formula is C9H13IN2S. The lowest BCUT2D eigenvalue weighted by atomic mass is 10.1. The average Bonchev–Trinajstić information content (AvgIpc) is 2.41. The van der Waals surface area contributed by atoms with Crippen LogP contribution in [0.3, 0.4) is 0 Å². The first-order valence-corrected chi connectivity index (χ1v) is 6.28. The minimum Gasteiger partial charge on any atom is -0.330 e. The Morgan fingerprint density at radius 2 is 2.38 bits per heavy atom. The lowest BCUT2D eigenvalue weighted by Gasteiger charge is -1.97. The normalized spacial score (nSPS) is 30.5. The van der Waals surface area contributed by atoms with Gasteiger partial charge in [0.2, 0.25) is 0 Å². The molecule has 0 bridgehead atoms. The third-order valence-electron chi connectivity index (χ3n) is 3.07. The van der Waals surface area contributed by atoms with Crippen LogP contribution in [0.5, 0.6) is 0 Å². The maximum Gasteiger partial charge on any atom is 0.0975 e. The van der Waals surface area contributed by atoms with Gasteiger partial charge in [0.1, 0.15) is 0 Å². The molecule has 2 atom stereocenters. The molecule has 1 heterocycles. The topological polar surface area (TPSA) is 38.9 Å². The van der Waals surface area contributed by atoms with Crippen LogP contribution in [-0.2, 0) is 0 Å². The average molecular weight is 308 g/mol. The molecule has 0 spiro atoms. The van der Waals surface area contributed by atoms with Gasteiger partial charge in [-0.25, -0.2) is 4.98 Å². The summed E-state index contributed by atoms with van der Waals surface area (Å²) in [6, 6.07) is 0. The van der Waals surface area contributed by atoms with E-state index in [4.69, 9.17) is 5.73 Å². The molecule has 2 N–H and O–H groups in total. The van der Waals surface area contributed by atoms with Crippen molar-refractivity contribution in [3.05, 3.63) is 14.1 Å². The van der Waals surface area contributed by atoms with E-state index in [9.17, 15) is 0 Å². The monoisotopic (exact) mass is 308 g/mol. The van der Waals surface area contributed by atoms with E-state index in [0.717, 1.165) is 6.54 Å². The van der Waals surface area contributed by atoms with Gasteiger partial charge in [0.25, 0.3) is 0 Å². The highest BCUT2D eigenvalue weighted by Crippen LogP contribution is 2.64. The number of nitrogens with zero attached hydrogens (tertiary/aromatic N) is 1. The molecule has 1 aromatic heterocycles. The molecule has 0 amide bonds. The summed E-state index contributed by atoms with van der Waals surface area (Å²) in [6.07, 6.45) is 1.95. The largest absolute Gasteiger partial charge is 0.330 e. The first-order chi connectivity index (χ1) is 6.07. The van der Waals surface area contributed by atoms with Gasteiger partial charge in [-0.1, -0.05) is 13.8 Å². The van der Waals surface area contributed by atoms with Crippen molar-refractivity contribution in [2.24, 2.45) is 17.1 Å². The number of halogens is 1. The zero-order valence-corrected chi connectivity index (χ0v) is 10.7. The van der Waals surface area contributed by atoms with Crippen molar-refractivity contribution in [2.45, 2.75) is 19.8 Å². The van der Waals surface area contributed by atoms with Gasteiger partial charge in [-0.05, 0) is 40.5 Å². The molecule has 0 aliphatic heterocycles. The fourth-order valence-electron chi connectivity index (χ4n) is 2.09. The molecule has 2 nitrogen and oxygen atoms in total. The number of hydrogen-bond acceptors (Lipinski definition) is 3. The smallest absolute Gasteiger partial charge is 0.0975 e. The molecule has 2 unspecified atom stereocenters. The third-order valence-corrected chi connectivity index (χ3v) is 4.87. The number of thiazole rings is 1. The van der Waals surface area contributed by atoms with E-state index in [1.807, 2.05) is 6.20 Å². The van der Waals surface area contributed by atoms with Crippen LogP contribution in [0.4, 0.5) is 0 Å². The first-order valence-electron chi connectivity index (χ1n) is 4.38. The zero-order valence-electron chi connectivity index (χ0n) is 7.75. The second-order valence-corrected chi connectivity index (χ2v) is 7.10. The Morgan fingerprint density at radius 1 is 1.69 bits per heavy atom. The fraction of sp³-hybridized carbons (Fsp3) is 0.667. The minimum absolute atomic E-state index is 0.371. The van der Waals surface area contributed by atoms with Crippen molar-refractivity contribution in [3.63, 3.8) is 0 Å². The zero-order chi connectivity index (χ0) is 9.64. The van der Waals surface area contributed by atoms with Crippen molar-refractivity contribution >= 4 is 33.9 Å². The molecule has 1 aliphatic rings. The molecule has 1 aliphatic carbocycles. The molecule has 2 rings (SSSR count). The van der Waals surface area contributed by atoms with Crippen LogP contribution in [0.25, 0.3) is 0 Å².